The third kappa shape index (κ3) is 4.55. The maximum atomic E-state index is 11.1. The summed E-state index contributed by atoms with van der Waals surface area (Å²) in [6, 6.07) is 0. The Morgan fingerprint density at radius 2 is 2.18 bits per heavy atom. The number of rotatable bonds is 6. The number of nitrogens with one attached hydrogen (secondary N) is 1. The SMILES string of the molecule is CC(CCCl)CCSc1nc(=O)c(=O)[nH]n1C. The summed E-state index contributed by atoms with van der Waals surface area (Å²) in [4.78, 5) is 25.8. The number of aryl methyl sites for hydroxylation is 1. The number of aromatic nitrogens is 3. The van der Waals surface area contributed by atoms with Crippen LogP contribution < -0.4 is 11.1 Å². The zero-order valence-corrected chi connectivity index (χ0v) is 11.5. The Morgan fingerprint density at radius 1 is 1.47 bits per heavy atom. The first-order valence-electron chi connectivity index (χ1n) is 5.40. The second-order valence-electron chi connectivity index (χ2n) is 3.92. The highest BCUT2D eigenvalue weighted by Crippen LogP contribution is 2.17. The van der Waals surface area contributed by atoms with Gasteiger partial charge in [-0.05, 0) is 18.8 Å². The van der Waals surface area contributed by atoms with E-state index in [1.54, 1.807) is 7.05 Å². The summed E-state index contributed by atoms with van der Waals surface area (Å²) in [7, 11) is 1.67. The number of hydrogen-bond acceptors (Lipinski definition) is 4. The van der Waals surface area contributed by atoms with Gasteiger partial charge in [-0.3, -0.25) is 19.4 Å². The molecule has 7 heteroatoms. The molecule has 0 spiro atoms. The van der Waals surface area contributed by atoms with Gasteiger partial charge >= 0.3 is 11.1 Å². The van der Waals surface area contributed by atoms with Gasteiger partial charge in [-0.25, -0.2) is 0 Å². The Labute approximate surface area is 109 Å². The highest BCUT2D eigenvalue weighted by atomic mass is 35.5. The molecule has 1 N–H and O–H groups in total. The number of hydrogen-bond donors (Lipinski definition) is 1. The second-order valence-corrected chi connectivity index (χ2v) is 5.36. The molecule has 1 aromatic heterocycles. The third-order valence-corrected chi connectivity index (χ3v) is 3.67. The molecule has 1 atom stereocenters. The number of thioether (sulfide) groups is 1. The molecule has 17 heavy (non-hydrogen) atoms. The summed E-state index contributed by atoms with van der Waals surface area (Å²) in [6.07, 6.45) is 1.99. The van der Waals surface area contributed by atoms with Gasteiger partial charge in [-0.1, -0.05) is 18.7 Å². The van der Waals surface area contributed by atoms with Crippen LogP contribution in [0.1, 0.15) is 19.8 Å². The molecule has 1 rings (SSSR count). The second kappa shape index (κ2) is 6.86. The first-order chi connectivity index (χ1) is 8.04. The van der Waals surface area contributed by atoms with Crippen LogP contribution in [0.3, 0.4) is 0 Å². The maximum absolute atomic E-state index is 11.1. The van der Waals surface area contributed by atoms with Gasteiger partial charge in [0.15, 0.2) is 5.16 Å². The topological polar surface area (TPSA) is 67.8 Å². The average molecular weight is 278 g/mol. The van der Waals surface area contributed by atoms with Crippen molar-refractivity contribution in [2.45, 2.75) is 24.9 Å². The monoisotopic (exact) mass is 277 g/mol. The Kier molecular flexibility index (Phi) is 5.77. The van der Waals surface area contributed by atoms with Crippen molar-refractivity contribution in [3.8, 4) is 0 Å². The van der Waals surface area contributed by atoms with Gasteiger partial charge in [0.2, 0.25) is 0 Å². The normalized spacial score (nSPS) is 12.6. The van der Waals surface area contributed by atoms with E-state index in [0.717, 1.165) is 18.6 Å². The molecule has 0 aliphatic rings. The molecule has 0 saturated heterocycles. The molecule has 1 aromatic rings. The molecule has 5 nitrogen and oxygen atoms in total. The minimum Gasteiger partial charge on any atom is -0.265 e. The van der Waals surface area contributed by atoms with Crippen molar-refractivity contribution in [2.24, 2.45) is 13.0 Å². The lowest BCUT2D eigenvalue weighted by Gasteiger charge is -2.09. The number of aromatic amines is 1. The van der Waals surface area contributed by atoms with Crippen LogP contribution in [0.15, 0.2) is 14.7 Å². The van der Waals surface area contributed by atoms with E-state index < -0.39 is 11.1 Å². The molecule has 0 radical (unpaired) electrons. The van der Waals surface area contributed by atoms with Gasteiger partial charge in [0.05, 0.1) is 0 Å². The summed E-state index contributed by atoms with van der Waals surface area (Å²) in [5.74, 6) is 2.07. The minimum absolute atomic E-state index is 0.535. The quantitative estimate of drug-likeness (QED) is 0.482. The van der Waals surface area contributed by atoms with Crippen molar-refractivity contribution < 1.29 is 0 Å². The van der Waals surface area contributed by atoms with Gasteiger partial charge in [-0.15, -0.1) is 11.6 Å². The first-order valence-corrected chi connectivity index (χ1v) is 6.92. The fourth-order valence-corrected chi connectivity index (χ4v) is 2.73. The molecular formula is C10H16ClN3O2S. The van der Waals surface area contributed by atoms with Crippen LogP contribution in [-0.4, -0.2) is 26.4 Å². The van der Waals surface area contributed by atoms with E-state index in [0.29, 0.717) is 17.0 Å². The van der Waals surface area contributed by atoms with Gasteiger partial charge < -0.3 is 0 Å². The van der Waals surface area contributed by atoms with Crippen LogP contribution in [-0.2, 0) is 7.05 Å². The van der Waals surface area contributed by atoms with E-state index in [2.05, 4.69) is 17.0 Å². The lowest BCUT2D eigenvalue weighted by molar-refractivity contribution is 0.549. The van der Waals surface area contributed by atoms with E-state index in [4.69, 9.17) is 11.6 Å². The average Bonchev–Trinajstić information content (AvgIpc) is 2.26. The number of nitrogens with zero attached hydrogens (tertiary/aromatic N) is 2. The Bertz CT molecular complexity index is 471. The van der Waals surface area contributed by atoms with E-state index >= 15 is 0 Å². The van der Waals surface area contributed by atoms with E-state index in [1.165, 1.54) is 16.4 Å². The van der Waals surface area contributed by atoms with Gasteiger partial charge in [0.25, 0.3) is 0 Å². The molecule has 0 amide bonds. The van der Waals surface area contributed by atoms with Crippen molar-refractivity contribution in [1.82, 2.24) is 14.8 Å². The minimum atomic E-state index is -0.737. The van der Waals surface area contributed by atoms with Gasteiger partial charge in [0.1, 0.15) is 0 Å². The van der Waals surface area contributed by atoms with Crippen molar-refractivity contribution in [3.63, 3.8) is 0 Å². The molecule has 0 saturated carbocycles. The Morgan fingerprint density at radius 3 is 2.82 bits per heavy atom. The van der Waals surface area contributed by atoms with E-state index in [1.807, 2.05) is 0 Å². The predicted molar refractivity (Wildman–Crippen MR) is 69.9 cm³/mol. The molecule has 0 aliphatic heterocycles. The molecule has 0 fully saturated rings. The zero-order valence-electron chi connectivity index (χ0n) is 9.90. The number of alkyl halides is 1. The summed E-state index contributed by atoms with van der Waals surface area (Å²) in [5, 5.41) is 2.95. The lowest BCUT2D eigenvalue weighted by Crippen LogP contribution is -2.33. The molecular weight excluding hydrogens is 262 g/mol. The summed E-state index contributed by atoms with van der Waals surface area (Å²) < 4.78 is 1.47. The van der Waals surface area contributed by atoms with Crippen molar-refractivity contribution in [1.29, 1.82) is 0 Å². The Hall–Kier alpha value is -0.750. The van der Waals surface area contributed by atoms with Gasteiger partial charge in [0, 0.05) is 18.7 Å². The molecule has 1 heterocycles. The Balaban J connectivity index is 2.55. The van der Waals surface area contributed by atoms with Crippen molar-refractivity contribution in [3.05, 3.63) is 20.7 Å². The molecule has 0 aliphatic carbocycles. The van der Waals surface area contributed by atoms with Crippen LogP contribution in [0.2, 0.25) is 0 Å². The van der Waals surface area contributed by atoms with Crippen LogP contribution in [0.4, 0.5) is 0 Å². The molecule has 1 unspecified atom stereocenters. The first kappa shape index (κ1) is 14.3. The van der Waals surface area contributed by atoms with Crippen LogP contribution in [0.25, 0.3) is 0 Å². The highest BCUT2D eigenvalue weighted by Gasteiger charge is 2.06. The van der Waals surface area contributed by atoms with Crippen molar-refractivity contribution >= 4 is 23.4 Å². The molecule has 96 valence electrons. The van der Waals surface area contributed by atoms with Crippen LogP contribution in [0, 0.1) is 5.92 Å². The highest BCUT2D eigenvalue weighted by molar-refractivity contribution is 7.99. The molecule has 0 aromatic carbocycles. The van der Waals surface area contributed by atoms with E-state index in [-0.39, 0.29) is 0 Å². The fraction of sp³-hybridized carbons (Fsp3) is 0.700. The van der Waals surface area contributed by atoms with Crippen molar-refractivity contribution in [2.75, 3.05) is 11.6 Å². The third-order valence-electron chi connectivity index (χ3n) is 2.39. The molecule has 0 bridgehead atoms. The van der Waals surface area contributed by atoms with Crippen LogP contribution in [0.5, 0.6) is 0 Å². The predicted octanol–water partition coefficient (Wildman–Crippen LogP) is 1.22. The zero-order chi connectivity index (χ0) is 12.8. The van der Waals surface area contributed by atoms with Gasteiger partial charge in [-0.2, -0.15) is 4.98 Å². The maximum Gasteiger partial charge on any atom is 0.339 e. The fourth-order valence-electron chi connectivity index (χ4n) is 1.27. The smallest absolute Gasteiger partial charge is 0.265 e. The lowest BCUT2D eigenvalue weighted by atomic mass is 10.1. The standard InChI is InChI=1S/C10H16ClN3O2S/c1-7(3-5-11)4-6-17-10-12-8(15)9(16)13-14(10)2/h7H,3-6H2,1-2H3,(H,13,16). The van der Waals surface area contributed by atoms with E-state index in [9.17, 15) is 9.59 Å². The summed E-state index contributed by atoms with van der Waals surface area (Å²) in [6.45, 7) is 2.14. The number of H-pyrrole nitrogens is 1. The summed E-state index contributed by atoms with van der Waals surface area (Å²) in [5.41, 5.74) is -1.42. The largest absolute Gasteiger partial charge is 0.339 e. The van der Waals surface area contributed by atoms with Crippen LogP contribution >= 0.6 is 23.4 Å². The number of halogens is 1. The summed E-state index contributed by atoms with van der Waals surface area (Å²) >= 11 is 7.11.